The Morgan fingerprint density at radius 1 is 0.730 bits per heavy atom. The lowest BCUT2D eigenvalue weighted by Crippen LogP contribution is -2.59. The largest absolute Gasteiger partial charge is 0.481 e. The van der Waals surface area contributed by atoms with E-state index in [4.69, 9.17) is 23.7 Å². The molecule has 8 atom stereocenters. The molecule has 1 aliphatic carbocycles. The Morgan fingerprint density at radius 2 is 1.40 bits per heavy atom. The number of halogens is 1. The molecule has 1 saturated heterocycles. The first-order chi connectivity index (χ1) is 53.0. The number of amides is 8. The molecule has 1 aromatic heterocycles. The van der Waals surface area contributed by atoms with Crippen LogP contribution in [0.5, 0.6) is 0 Å². The topological polar surface area (TPSA) is 332 Å². The molecular weight excluding hydrogens is 1440 g/mol. The summed E-state index contributed by atoms with van der Waals surface area (Å²) in [5.41, 5.74) is 5.50. The highest BCUT2D eigenvalue weighted by atomic mass is 32.1. The standard InChI is InChI=1S/C83H119FN10O16S/c1-13-15-16-22-36-93(81(103)75(54(7)14-2)91-78(101)68-28-21-23-35-92(68)12)69(52(3)4)48-70(110-56(9)95)80-89-66(51-111-80)77(100)87-59(49-83(10,11)82(104)105)45-57-29-30-65(64(84)46-57)88-76(99)55(8)86-79(102)74(53(5)6)90-72(97)33-37-106-39-41-108-43-44-109-42-40-107-38-34-85-71(96)31-32-73(98)94-50-58-24-17-18-25-60(58)62-47-63(62)61-26-19-20-27-67(61)94/h17-20,24-27,29-30,46,51-55,59,68-70,74-75H,13-16,21-23,28,31-45,47-50H2,1-12H3,(H,85,96)(H,86,102)(H,87,100)(H,88,99)(H,90,97)(H,91,101)(H,104,105)/t54-,55-,59-,68+,69+,70+,74-,75-/m0/s1. The van der Waals surface area contributed by atoms with Gasteiger partial charge in [0.05, 0.1) is 82.2 Å². The van der Waals surface area contributed by atoms with Gasteiger partial charge < -0.3 is 70.5 Å². The molecule has 0 spiro atoms. The molecule has 0 radical (unpaired) electrons. The van der Waals surface area contributed by atoms with Gasteiger partial charge in [0.1, 0.15) is 34.6 Å². The van der Waals surface area contributed by atoms with Gasteiger partial charge in [0, 0.05) is 68.7 Å². The lowest BCUT2D eigenvalue weighted by Gasteiger charge is -2.40. The van der Waals surface area contributed by atoms with Crippen molar-refractivity contribution in [3.63, 3.8) is 0 Å². The number of carbonyl (C=O) groups excluding carboxylic acids is 9. The number of anilines is 2. The number of hydrogen-bond donors (Lipinski definition) is 7. The summed E-state index contributed by atoms with van der Waals surface area (Å²) in [6.07, 6.45) is 6.74. The van der Waals surface area contributed by atoms with Crippen LogP contribution in [0.25, 0.3) is 11.1 Å². The SMILES string of the molecule is CCCCCCN(C(=O)[C@@H](NC(=O)[C@H]1CCCCN1C)[C@@H](C)CC)[C@H](C[C@@H](OC(C)=O)c1nc(C(=O)N[C@@H](Cc2ccc(NC(=O)[C@H](C)NC(=O)[C@@H](NC(=O)CCOCCOCCOCCOCCNC(=O)CCC(=O)N3Cc4ccccc4C4=C(C4)c4ccccc43)C(C)C)c(F)c2)CC(C)(C)C(=O)O)cs1)C(C)C. The number of carbonyl (C=O) groups is 10. The summed E-state index contributed by atoms with van der Waals surface area (Å²) in [5.74, 6) is -6.62. The molecule has 111 heavy (non-hydrogen) atoms. The number of benzene rings is 3. The third kappa shape index (κ3) is 27.7. The fraction of sp³-hybridized carbons (Fsp3) is 0.602. The van der Waals surface area contributed by atoms with E-state index in [2.05, 4.69) is 62.0 Å². The van der Waals surface area contributed by atoms with Crippen molar-refractivity contribution < 1.29 is 81.1 Å². The Balaban J connectivity index is 0.811. The van der Waals surface area contributed by atoms with Gasteiger partial charge in [-0.25, -0.2) is 9.37 Å². The zero-order valence-corrected chi connectivity index (χ0v) is 67.8. The number of allylic oxidation sites excluding steroid dienone is 2. The van der Waals surface area contributed by atoms with E-state index in [1.807, 2.05) is 74.9 Å². The smallest absolute Gasteiger partial charge is 0.309 e. The van der Waals surface area contributed by atoms with Gasteiger partial charge in [0.25, 0.3) is 5.91 Å². The summed E-state index contributed by atoms with van der Waals surface area (Å²) in [4.78, 5) is 145. The van der Waals surface area contributed by atoms with Gasteiger partial charge in [0.15, 0.2) is 6.10 Å². The second-order valence-corrected chi connectivity index (χ2v) is 31.5. The molecule has 0 unspecified atom stereocenters. The van der Waals surface area contributed by atoms with Crippen LogP contribution in [-0.2, 0) is 79.8 Å². The molecule has 610 valence electrons. The number of aliphatic carboxylic acids is 1. The summed E-state index contributed by atoms with van der Waals surface area (Å²) in [6.45, 7) is 23.0. The lowest BCUT2D eigenvalue weighted by atomic mass is 9.84. The van der Waals surface area contributed by atoms with E-state index in [1.54, 1.807) is 18.7 Å². The van der Waals surface area contributed by atoms with E-state index >= 15 is 9.18 Å². The van der Waals surface area contributed by atoms with Crippen LogP contribution < -0.4 is 36.8 Å². The molecular formula is C83H119FN10O16S. The van der Waals surface area contributed by atoms with Crippen molar-refractivity contribution in [1.29, 1.82) is 0 Å². The number of aromatic nitrogens is 1. The molecule has 3 heterocycles. The molecule has 8 amide bonds. The Kier molecular flexibility index (Phi) is 36.1. The van der Waals surface area contributed by atoms with E-state index in [0.717, 1.165) is 79.3 Å². The minimum atomic E-state index is -1.37. The zero-order chi connectivity index (χ0) is 80.9. The van der Waals surface area contributed by atoms with Crippen molar-refractivity contribution in [2.75, 3.05) is 89.8 Å². The molecule has 26 nitrogen and oxygen atoms in total. The van der Waals surface area contributed by atoms with Gasteiger partial charge in [-0.2, -0.15) is 0 Å². The van der Waals surface area contributed by atoms with Gasteiger partial charge in [0.2, 0.25) is 41.4 Å². The van der Waals surface area contributed by atoms with Crippen molar-refractivity contribution in [3.8, 4) is 0 Å². The van der Waals surface area contributed by atoms with Crippen molar-refractivity contribution in [3.05, 3.63) is 111 Å². The second kappa shape index (κ2) is 44.6. The Morgan fingerprint density at radius 3 is 2.05 bits per heavy atom. The molecule has 3 aliphatic rings. The van der Waals surface area contributed by atoms with Crippen LogP contribution >= 0.6 is 11.3 Å². The molecule has 3 aromatic carbocycles. The first-order valence-corrected chi connectivity index (χ1v) is 40.3. The molecule has 0 saturated carbocycles. The van der Waals surface area contributed by atoms with E-state index < -0.39 is 89.0 Å². The average Bonchev–Trinajstić information content (AvgIpc) is 1.59. The first kappa shape index (κ1) is 89.7. The number of fused-ring (bicyclic) bond motifs is 4. The Hall–Kier alpha value is -8.54. The highest BCUT2D eigenvalue weighted by molar-refractivity contribution is 7.09. The minimum Gasteiger partial charge on any atom is -0.481 e. The fourth-order valence-corrected chi connectivity index (χ4v) is 14.7. The zero-order valence-electron chi connectivity index (χ0n) is 66.9. The van der Waals surface area contributed by atoms with Gasteiger partial charge >= 0.3 is 11.9 Å². The number of thiazole rings is 1. The number of esters is 1. The highest BCUT2D eigenvalue weighted by Crippen LogP contribution is 2.52. The molecule has 1 fully saturated rings. The number of nitrogens with zero attached hydrogens (tertiary/aromatic N) is 4. The number of nitrogens with one attached hydrogen (secondary N) is 6. The van der Waals surface area contributed by atoms with Crippen molar-refractivity contribution in [2.45, 2.75) is 221 Å². The van der Waals surface area contributed by atoms with E-state index in [9.17, 15) is 48.3 Å². The number of para-hydroxylation sites is 1. The molecule has 7 N–H and O–H groups in total. The number of piperidine rings is 1. The van der Waals surface area contributed by atoms with Gasteiger partial charge in [-0.15, -0.1) is 11.3 Å². The van der Waals surface area contributed by atoms with E-state index in [-0.39, 0.29) is 131 Å². The highest BCUT2D eigenvalue weighted by Gasteiger charge is 2.41. The average molecular weight is 1560 g/mol. The van der Waals surface area contributed by atoms with E-state index in [1.165, 1.54) is 61.9 Å². The number of likely N-dealkylation sites (tertiary alicyclic amines) is 1. The van der Waals surface area contributed by atoms with Gasteiger partial charge in [-0.05, 0) is 137 Å². The van der Waals surface area contributed by atoms with Crippen LogP contribution in [0.15, 0.2) is 72.1 Å². The number of unbranched alkanes of at least 4 members (excludes halogenated alkanes) is 3. The van der Waals surface area contributed by atoms with Crippen molar-refractivity contribution in [2.24, 2.45) is 23.2 Å². The van der Waals surface area contributed by atoms with Crippen LogP contribution in [0.4, 0.5) is 15.8 Å². The number of rotatable bonds is 47. The van der Waals surface area contributed by atoms with Gasteiger partial charge in [-0.1, -0.05) is 129 Å². The summed E-state index contributed by atoms with van der Waals surface area (Å²) >= 11 is 1.09. The maximum absolute atomic E-state index is 16.0. The first-order valence-electron chi connectivity index (χ1n) is 39.5. The van der Waals surface area contributed by atoms with Crippen LogP contribution in [0.1, 0.15) is 210 Å². The van der Waals surface area contributed by atoms with Gasteiger partial charge in [-0.3, -0.25) is 52.8 Å². The second-order valence-electron chi connectivity index (χ2n) is 30.6. The minimum absolute atomic E-state index is 0.0395. The number of likely N-dealkylation sites (N-methyl/N-ethyl adjacent to an activating group) is 1. The number of carboxylic acids is 1. The summed E-state index contributed by atoms with van der Waals surface area (Å²) < 4.78 is 44.3. The maximum Gasteiger partial charge on any atom is 0.309 e. The van der Waals surface area contributed by atoms with Crippen molar-refractivity contribution in [1.82, 2.24) is 41.4 Å². The normalized spacial score (nSPS) is 16.1. The predicted molar refractivity (Wildman–Crippen MR) is 423 cm³/mol. The maximum atomic E-state index is 16.0. The quantitative estimate of drug-likeness (QED) is 0.0160. The van der Waals surface area contributed by atoms with Crippen LogP contribution in [0.3, 0.4) is 0 Å². The van der Waals surface area contributed by atoms with Crippen LogP contribution in [0, 0.1) is 29.0 Å². The Bertz CT molecular complexity index is 3830. The molecule has 2 aliphatic heterocycles. The third-order valence-electron chi connectivity index (χ3n) is 20.6. The lowest BCUT2D eigenvalue weighted by molar-refractivity contribution is -0.150. The molecule has 4 aromatic rings. The van der Waals surface area contributed by atoms with Crippen LogP contribution in [-0.4, -0.2) is 195 Å². The Labute approximate surface area is 657 Å². The predicted octanol–water partition coefficient (Wildman–Crippen LogP) is 10.4. The molecule has 0 bridgehead atoms. The van der Waals surface area contributed by atoms with E-state index in [0.29, 0.717) is 62.7 Å². The fourth-order valence-electron chi connectivity index (χ4n) is 13.9. The number of carboxylic acid groups (broad SMARTS) is 1. The number of ether oxygens (including phenoxy) is 5. The molecule has 7 rings (SSSR count). The number of hydrogen-bond acceptors (Lipinski definition) is 18. The van der Waals surface area contributed by atoms with Crippen LogP contribution in [0.2, 0.25) is 0 Å². The summed E-state index contributed by atoms with van der Waals surface area (Å²) in [6, 6.07) is 15.3. The van der Waals surface area contributed by atoms with Crippen molar-refractivity contribution >= 4 is 93.1 Å². The molecule has 28 heteroatoms. The monoisotopic (exact) mass is 1560 g/mol. The summed E-state index contributed by atoms with van der Waals surface area (Å²) in [5, 5.41) is 28.7. The third-order valence-corrected chi connectivity index (χ3v) is 21.6. The summed E-state index contributed by atoms with van der Waals surface area (Å²) in [7, 11) is 1.93.